The van der Waals surface area contributed by atoms with Gasteiger partial charge < -0.3 is 24.6 Å². The van der Waals surface area contributed by atoms with Crippen molar-refractivity contribution in [3.63, 3.8) is 0 Å². The first-order valence-corrected chi connectivity index (χ1v) is 8.78. The Morgan fingerprint density at radius 3 is 2.66 bits per heavy atom. The standard InChI is InChI=1S/C17H18N8O4/c18-14-11-15(20-8-24(14)6-9-4-2-1-3-5-9)25(17(21-11)22-23-19)16-13(28)12(27)10(7-26)29-16/h1-5,8,10,12-13,16,18,26-28H,6-7H2/t10-,12-,13-,16-/m1/s1. The van der Waals surface area contributed by atoms with Crippen molar-refractivity contribution in [2.45, 2.75) is 31.1 Å². The maximum absolute atomic E-state index is 10.4. The lowest BCUT2D eigenvalue weighted by Gasteiger charge is -2.18. The number of aromatic nitrogens is 4. The van der Waals surface area contributed by atoms with Gasteiger partial charge in [-0.05, 0) is 16.2 Å². The van der Waals surface area contributed by atoms with Crippen molar-refractivity contribution in [1.29, 1.82) is 5.41 Å². The summed E-state index contributed by atoms with van der Waals surface area (Å²) in [5, 5.41) is 41.7. The Kier molecular flexibility index (Phi) is 5.01. The van der Waals surface area contributed by atoms with Crippen molar-refractivity contribution in [3.8, 4) is 0 Å². The van der Waals surface area contributed by atoms with Crippen LogP contribution < -0.4 is 5.49 Å². The summed E-state index contributed by atoms with van der Waals surface area (Å²) in [6.07, 6.45) is -3.52. The number of benzene rings is 1. The quantitative estimate of drug-likeness (QED) is 0.273. The third-order valence-electron chi connectivity index (χ3n) is 4.80. The molecule has 1 fully saturated rings. The van der Waals surface area contributed by atoms with Crippen molar-refractivity contribution in [1.82, 2.24) is 19.1 Å². The van der Waals surface area contributed by atoms with Crippen LogP contribution in [0.4, 0.5) is 5.95 Å². The second-order valence-corrected chi connectivity index (χ2v) is 6.58. The number of nitrogens with one attached hydrogen (secondary N) is 1. The molecule has 0 bridgehead atoms. The van der Waals surface area contributed by atoms with Crippen molar-refractivity contribution in [2.75, 3.05) is 6.61 Å². The van der Waals surface area contributed by atoms with Crippen molar-refractivity contribution in [2.24, 2.45) is 5.11 Å². The molecule has 0 saturated carbocycles. The number of nitrogens with zero attached hydrogens (tertiary/aromatic N) is 7. The summed E-state index contributed by atoms with van der Waals surface area (Å²) in [6, 6.07) is 9.51. The summed E-state index contributed by atoms with van der Waals surface area (Å²) in [6.45, 7) is -0.118. The molecule has 1 aliphatic rings. The lowest BCUT2D eigenvalue weighted by Crippen LogP contribution is -2.33. The van der Waals surface area contributed by atoms with E-state index in [1.165, 1.54) is 10.9 Å². The van der Waals surface area contributed by atoms with Gasteiger partial charge in [-0.3, -0.25) is 9.98 Å². The SMILES string of the molecule is [N-]=[N+]=Nc1nc2c(=N)n(Cc3ccccc3)cnc2n1[C@@H]1O[C@H](CO)[C@@H](O)[C@H]1O. The molecule has 1 aromatic carbocycles. The van der Waals surface area contributed by atoms with E-state index in [0.29, 0.717) is 6.54 Å². The molecular formula is C17H18N8O4. The molecule has 4 N–H and O–H groups in total. The number of aliphatic hydroxyl groups excluding tert-OH is 3. The summed E-state index contributed by atoms with van der Waals surface area (Å²) in [4.78, 5) is 11.2. The summed E-state index contributed by atoms with van der Waals surface area (Å²) >= 11 is 0. The molecule has 150 valence electrons. The van der Waals surface area contributed by atoms with Gasteiger partial charge in [0.25, 0.3) is 0 Å². The molecule has 29 heavy (non-hydrogen) atoms. The Hall–Kier alpha value is -3.28. The lowest BCUT2D eigenvalue weighted by molar-refractivity contribution is -0.0502. The Morgan fingerprint density at radius 1 is 1.24 bits per heavy atom. The third-order valence-corrected chi connectivity index (χ3v) is 4.80. The molecular weight excluding hydrogens is 380 g/mol. The van der Waals surface area contributed by atoms with Crippen LogP contribution in [0.25, 0.3) is 21.6 Å². The van der Waals surface area contributed by atoms with Crippen molar-refractivity contribution in [3.05, 3.63) is 58.2 Å². The average molecular weight is 398 g/mol. The number of azide groups is 1. The fraction of sp³-hybridized carbons (Fsp3) is 0.353. The number of imidazole rings is 1. The molecule has 0 amide bonds. The topological polar surface area (TPSA) is 178 Å². The normalized spacial score (nSPS) is 24.0. The second kappa shape index (κ2) is 7.62. The fourth-order valence-corrected chi connectivity index (χ4v) is 3.35. The minimum Gasteiger partial charge on any atom is -0.394 e. The molecule has 4 atom stereocenters. The number of rotatable bonds is 5. The van der Waals surface area contributed by atoms with E-state index in [0.717, 1.165) is 5.56 Å². The van der Waals surface area contributed by atoms with Crippen LogP contribution in [0, 0.1) is 5.41 Å². The largest absolute Gasteiger partial charge is 0.394 e. The highest BCUT2D eigenvalue weighted by Gasteiger charge is 2.44. The van der Waals surface area contributed by atoms with E-state index in [1.807, 2.05) is 30.3 Å². The zero-order valence-corrected chi connectivity index (χ0v) is 15.1. The summed E-state index contributed by atoms with van der Waals surface area (Å²) in [7, 11) is 0. The average Bonchev–Trinajstić information content (AvgIpc) is 3.23. The van der Waals surface area contributed by atoms with Crippen LogP contribution in [0.15, 0.2) is 41.8 Å². The van der Waals surface area contributed by atoms with Gasteiger partial charge in [0.15, 0.2) is 22.9 Å². The maximum Gasteiger partial charge on any atom is 0.201 e. The zero-order valence-electron chi connectivity index (χ0n) is 15.1. The van der Waals surface area contributed by atoms with E-state index < -0.39 is 31.1 Å². The van der Waals surface area contributed by atoms with E-state index in [1.54, 1.807) is 4.57 Å². The van der Waals surface area contributed by atoms with E-state index >= 15 is 0 Å². The summed E-state index contributed by atoms with van der Waals surface area (Å²) in [5.41, 5.74) is 10.2. The van der Waals surface area contributed by atoms with Crippen LogP contribution in [-0.4, -0.2) is 59.3 Å². The molecule has 0 spiro atoms. The first kappa shape index (κ1) is 19.1. The van der Waals surface area contributed by atoms with Gasteiger partial charge in [0.05, 0.1) is 19.5 Å². The summed E-state index contributed by atoms with van der Waals surface area (Å²) < 4.78 is 8.32. The van der Waals surface area contributed by atoms with E-state index in [4.69, 9.17) is 15.7 Å². The van der Waals surface area contributed by atoms with Crippen molar-refractivity contribution >= 4 is 17.1 Å². The smallest absolute Gasteiger partial charge is 0.201 e. The van der Waals surface area contributed by atoms with Crippen LogP contribution in [0.5, 0.6) is 0 Å². The van der Waals surface area contributed by atoms with Gasteiger partial charge in [0, 0.05) is 4.91 Å². The molecule has 0 radical (unpaired) electrons. The molecule has 0 aliphatic carbocycles. The number of aliphatic hydroxyl groups is 3. The number of hydrogen-bond donors (Lipinski definition) is 4. The molecule has 1 aliphatic heterocycles. The van der Waals surface area contributed by atoms with Crippen LogP contribution in [0.1, 0.15) is 11.8 Å². The predicted molar refractivity (Wildman–Crippen MR) is 98.7 cm³/mol. The molecule has 1 saturated heterocycles. The van der Waals surface area contributed by atoms with Gasteiger partial charge in [-0.1, -0.05) is 30.3 Å². The highest BCUT2D eigenvalue weighted by molar-refractivity contribution is 5.72. The Labute approximate surface area is 163 Å². The van der Waals surface area contributed by atoms with Crippen LogP contribution >= 0.6 is 0 Å². The first-order valence-electron chi connectivity index (χ1n) is 8.78. The zero-order chi connectivity index (χ0) is 20.5. The molecule has 12 heteroatoms. The van der Waals surface area contributed by atoms with E-state index in [2.05, 4.69) is 20.0 Å². The van der Waals surface area contributed by atoms with Crippen LogP contribution in [-0.2, 0) is 11.3 Å². The molecule has 2 aromatic heterocycles. The molecule has 3 aromatic rings. The van der Waals surface area contributed by atoms with Gasteiger partial charge >= 0.3 is 0 Å². The maximum atomic E-state index is 10.4. The highest BCUT2D eigenvalue weighted by atomic mass is 16.6. The first-order chi connectivity index (χ1) is 14.0. The van der Waals surface area contributed by atoms with Gasteiger partial charge in [-0.2, -0.15) is 0 Å². The Bertz CT molecular complexity index is 1140. The molecule has 3 heterocycles. The van der Waals surface area contributed by atoms with Crippen molar-refractivity contribution < 1.29 is 20.1 Å². The Balaban J connectivity index is 1.83. The minimum absolute atomic E-state index is 0.0266. The molecule has 4 rings (SSSR count). The number of fused-ring (bicyclic) bond motifs is 1. The second-order valence-electron chi connectivity index (χ2n) is 6.58. The van der Waals surface area contributed by atoms with Crippen LogP contribution in [0.3, 0.4) is 0 Å². The van der Waals surface area contributed by atoms with Gasteiger partial charge in [0.2, 0.25) is 5.95 Å². The lowest BCUT2D eigenvalue weighted by atomic mass is 10.1. The van der Waals surface area contributed by atoms with Crippen LogP contribution in [0.2, 0.25) is 0 Å². The molecule has 12 nitrogen and oxygen atoms in total. The Morgan fingerprint density at radius 2 is 2.00 bits per heavy atom. The minimum atomic E-state index is -1.41. The van der Waals surface area contributed by atoms with Gasteiger partial charge in [-0.15, -0.1) is 0 Å². The molecule has 0 unspecified atom stereocenters. The predicted octanol–water partition coefficient (Wildman–Crippen LogP) is 0.314. The number of ether oxygens (including phenoxy) is 1. The fourth-order valence-electron chi connectivity index (χ4n) is 3.35. The highest BCUT2D eigenvalue weighted by Crippen LogP contribution is 2.34. The van der Waals surface area contributed by atoms with Gasteiger partial charge in [0.1, 0.15) is 18.3 Å². The van der Waals surface area contributed by atoms with E-state index in [9.17, 15) is 15.3 Å². The summed E-state index contributed by atoms with van der Waals surface area (Å²) in [5.74, 6) is -0.171. The van der Waals surface area contributed by atoms with Gasteiger partial charge in [-0.25, -0.2) is 9.97 Å². The monoisotopic (exact) mass is 398 g/mol. The number of hydrogen-bond acceptors (Lipinski definition) is 8. The third kappa shape index (κ3) is 3.24. The van der Waals surface area contributed by atoms with E-state index in [-0.39, 0.29) is 22.6 Å².